The minimum atomic E-state index is -0.649. The van der Waals surface area contributed by atoms with Gasteiger partial charge in [0.1, 0.15) is 0 Å². The maximum absolute atomic E-state index is 11.7. The summed E-state index contributed by atoms with van der Waals surface area (Å²) in [7, 11) is 0. The molecule has 6 heteroatoms. The zero-order chi connectivity index (χ0) is 16.3. The lowest BCUT2D eigenvalue weighted by molar-refractivity contribution is -0.130. The van der Waals surface area contributed by atoms with Crippen molar-refractivity contribution < 1.29 is 14.3 Å². The van der Waals surface area contributed by atoms with Gasteiger partial charge in [-0.2, -0.15) is 0 Å². The summed E-state index contributed by atoms with van der Waals surface area (Å²) in [6.45, 7) is 11.8. The van der Waals surface area contributed by atoms with E-state index in [1.54, 1.807) is 13.8 Å². The van der Waals surface area contributed by atoms with Crippen molar-refractivity contribution in [1.82, 2.24) is 0 Å². The van der Waals surface area contributed by atoms with Gasteiger partial charge in [-0.1, -0.05) is 36.4 Å². The van der Waals surface area contributed by atoms with Crippen LogP contribution in [0.25, 0.3) is 0 Å². The van der Waals surface area contributed by atoms with E-state index in [1.807, 2.05) is 0 Å². The van der Waals surface area contributed by atoms with Crippen LogP contribution in [0, 0.1) is 6.92 Å². The summed E-state index contributed by atoms with van der Waals surface area (Å²) in [5.41, 5.74) is 1.23. The molecule has 0 fully saturated rings. The fourth-order valence-electron chi connectivity index (χ4n) is 1.30. The average molecular weight is 328 g/mol. The van der Waals surface area contributed by atoms with E-state index in [1.165, 1.54) is 13.0 Å². The highest BCUT2D eigenvalue weighted by Crippen LogP contribution is 2.40. The number of carbonyl (C=O) groups is 2. The van der Waals surface area contributed by atoms with Crippen LogP contribution < -0.4 is 10.1 Å². The van der Waals surface area contributed by atoms with E-state index in [4.69, 9.17) is 27.9 Å². The summed E-state index contributed by atoms with van der Waals surface area (Å²) in [5, 5.41) is 3.04. The summed E-state index contributed by atoms with van der Waals surface area (Å²) >= 11 is 12.2. The molecule has 0 spiro atoms. The molecule has 0 saturated carbocycles. The molecule has 0 aromatic heterocycles. The molecule has 1 aromatic carbocycles. The number of halogens is 2. The van der Waals surface area contributed by atoms with Gasteiger partial charge in [-0.3, -0.25) is 4.79 Å². The third kappa shape index (κ3) is 4.09. The van der Waals surface area contributed by atoms with Crippen molar-refractivity contribution in [1.29, 1.82) is 0 Å². The summed E-state index contributed by atoms with van der Waals surface area (Å²) < 4.78 is 5.18. The van der Waals surface area contributed by atoms with Gasteiger partial charge in [0.15, 0.2) is 5.75 Å². The molecule has 0 unspecified atom stereocenters. The Hall–Kier alpha value is -1.78. The molecule has 0 saturated heterocycles. The highest BCUT2D eigenvalue weighted by atomic mass is 35.5. The summed E-state index contributed by atoms with van der Waals surface area (Å²) in [5.74, 6) is -1.05. The van der Waals surface area contributed by atoms with Crippen LogP contribution in [0.5, 0.6) is 5.75 Å². The van der Waals surface area contributed by atoms with E-state index in [-0.39, 0.29) is 22.0 Å². The highest BCUT2D eigenvalue weighted by molar-refractivity contribution is 6.38. The summed E-state index contributed by atoms with van der Waals surface area (Å²) in [6, 6.07) is 1.46. The standard InChI is InChI=1S/C15H15Cl2NO3/c1-7(2)14(19)18-11-6-10(16)9(5)12(17)13(11)21-15(20)8(3)4/h6H,1,3H2,2,4-5H3,(H,18,19). The van der Waals surface area contributed by atoms with Crippen LogP contribution in [0.4, 0.5) is 5.69 Å². The number of nitrogens with one attached hydrogen (secondary N) is 1. The molecule has 4 nitrogen and oxygen atoms in total. The molecule has 0 aliphatic carbocycles. The third-order valence-corrected chi connectivity index (χ3v) is 3.43. The molecule has 1 amide bonds. The van der Waals surface area contributed by atoms with Crippen molar-refractivity contribution in [2.24, 2.45) is 0 Å². The van der Waals surface area contributed by atoms with Crippen LogP contribution in [0.2, 0.25) is 10.0 Å². The van der Waals surface area contributed by atoms with Crippen molar-refractivity contribution in [3.63, 3.8) is 0 Å². The van der Waals surface area contributed by atoms with Gasteiger partial charge in [0.2, 0.25) is 0 Å². The Kier molecular flexibility index (Phi) is 5.58. The second kappa shape index (κ2) is 6.78. The first-order chi connectivity index (χ1) is 9.65. The van der Waals surface area contributed by atoms with Crippen molar-refractivity contribution in [2.45, 2.75) is 20.8 Å². The average Bonchev–Trinajstić information content (AvgIpc) is 2.40. The molecule has 0 aliphatic heterocycles. The summed E-state index contributed by atoms with van der Waals surface area (Å²) in [4.78, 5) is 23.4. The maximum Gasteiger partial charge on any atom is 0.338 e. The van der Waals surface area contributed by atoms with Crippen molar-refractivity contribution in [3.05, 3.63) is 46.0 Å². The first-order valence-corrected chi connectivity index (χ1v) is 6.73. The van der Waals surface area contributed by atoms with E-state index in [0.717, 1.165) is 0 Å². The normalized spacial score (nSPS) is 9.95. The highest BCUT2D eigenvalue weighted by Gasteiger charge is 2.19. The van der Waals surface area contributed by atoms with Gasteiger partial charge in [-0.05, 0) is 32.4 Å². The molecular weight excluding hydrogens is 313 g/mol. The lowest BCUT2D eigenvalue weighted by atomic mass is 10.2. The predicted octanol–water partition coefficient (Wildman–Crippen LogP) is 4.30. The van der Waals surface area contributed by atoms with E-state index in [2.05, 4.69) is 18.5 Å². The summed E-state index contributed by atoms with van der Waals surface area (Å²) in [6.07, 6.45) is 0. The Labute approximate surface area is 133 Å². The molecule has 0 bridgehead atoms. The Balaban J connectivity index is 3.33. The predicted molar refractivity (Wildman–Crippen MR) is 85.1 cm³/mol. The molecule has 1 N–H and O–H groups in total. The van der Waals surface area contributed by atoms with E-state index in [9.17, 15) is 9.59 Å². The molecule has 112 valence electrons. The largest absolute Gasteiger partial charge is 0.419 e. The topological polar surface area (TPSA) is 55.4 Å². The van der Waals surface area contributed by atoms with E-state index in [0.29, 0.717) is 16.2 Å². The number of hydrogen-bond donors (Lipinski definition) is 1. The molecule has 0 heterocycles. The quantitative estimate of drug-likeness (QED) is 0.509. The first kappa shape index (κ1) is 17.3. The van der Waals surface area contributed by atoms with Gasteiger partial charge in [0.05, 0.1) is 10.7 Å². The molecule has 1 rings (SSSR count). The Morgan fingerprint density at radius 2 is 1.76 bits per heavy atom. The molecule has 1 aromatic rings. The smallest absolute Gasteiger partial charge is 0.338 e. The van der Waals surface area contributed by atoms with Gasteiger partial charge in [-0.25, -0.2) is 4.79 Å². The number of amides is 1. The minimum Gasteiger partial charge on any atom is -0.419 e. The van der Waals surface area contributed by atoms with Crippen LogP contribution in [0.15, 0.2) is 30.4 Å². The number of anilines is 1. The first-order valence-electron chi connectivity index (χ1n) is 5.98. The lowest BCUT2D eigenvalue weighted by Crippen LogP contribution is -2.15. The number of esters is 1. The monoisotopic (exact) mass is 327 g/mol. The number of hydrogen-bond acceptors (Lipinski definition) is 3. The van der Waals surface area contributed by atoms with Crippen molar-refractivity contribution >= 4 is 40.8 Å². The number of benzene rings is 1. The van der Waals surface area contributed by atoms with Gasteiger partial charge in [0.25, 0.3) is 5.91 Å². The van der Waals surface area contributed by atoms with Crippen LogP contribution in [-0.4, -0.2) is 11.9 Å². The maximum atomic E-state index is 11.7. The zero-order valence-corrected chi connectivity index (χ0v) is 13.5. The number of rotatable bonds is 4. The Morgan fingerprint density at radius 3 is 2.24 bits per heavy atom. The fraction of sp³-hybridized carbons (Fsp3) is 0.200. The molecule has 0 aliphatic rings. The fourth-order valence-corrected chi connectivity index (χ4v) is 1.79. The Morgan fingerprint density at radius 1 is 1.19 bits per heavy atom. The molecular formula is C15H15Cl2NO3. The molecule has 21 heavy (non-hydrogen) atoms. The van der Waals surface area contributed by atoms with Gasteiger partial charge in [-0.15, -0.1) is 0 Å². The van der Waals surface area contributed by atoms with Crippen molar-refractivity contribution in [2.75, 3.05) is 5.32 Å². The van der Waals surface area contributed by atoms with Gasteiger partial charge in [0, 0.05) is 16.2 Å². The second-order valence-electron chi connectivity index (χ2n) is 4.58. The van der Waals surface area contributed by atoms with Crippen LogP contribution >= 0.6 is 23.2 Å². The minimum absolute atomic E-state index is 0.0289. The lowest BCUT2D eigenvalue weighted by Gasteiger charge is -2.15. The zero-order valence-electron chi connectivity index (χ0n) is 12.0. The second-order valence-corrected chi connectivity index (χ2v) is 5.36. The third-order valence-electron chi connectivity index (χ3n) is 2.58. The molecule has 0 atom stereocenters. The Bertz CT molecular complexity index is 651. The number of ether oxygens (including phenoxy) is 1. The van der Waals surface area contributed by atoms with Crippen LogP contribution in [0.1, 0.15) is 19.4 Å². The van der Waals surface area contributed by atoms with E-state index < -0.39 is 11.9 Å². The molecule has 0 radical (unpaired) electrons. The van der Waals surface area contributed by atoms with Gasteiger partial charge < -0.3 is 10.1 Å². The number of carbonyl (C=O) groups excluding carboxylic acids is 2. The van der Waals surface area contributed by atoms with E-state index >= 15 is 0 Å². The van der Waals surface area contributed by atoms with Crippen molar-refractivity contribution in [3.8, 4) is 5.75 Å². The van der Waals surface area contributed by atoms with Crippen LogP contribution in [0.3, 0.4) is 0 Å². The van der Waals surface area contributed by atoms with Gasteiger partial charge >= 0.3 is 5.97 Å². The van der Waals surface area contributed by atoms with Crippen LogP contribution in [-0.2, 0) is 9.59 Å². The SMILES string of the molecule is C=C(C)C(=O)Nc1cc(Cl)c(C)c(Cl)c1OC(=O)C(=C)C.